The summed E-state index contributed by atoms with van der Waals surface area (Å²) < 4.78 is 2.39. The smallest absolute Gasteiger partial charge is 0.0731 e. The van der Waals surface area contributed by atoms with Gasteiger partial charge in [0.1, 0.15) is 0 Å². The van der Waals surface area contributed by atoms with Crippen molar-refractivity contribution in [3.05, 3.63) is 54.1 Å². The molecule has 0 radical (unpaired) electrons. The number of nitrogens with one attached hydrogen (secondary N) is 1. The second-order valence-electron chi connectivity index (χ2n) is 5.02. The third kappa shape index (κ3) is 3.73. The average Bonchev–Trinajstić information content (AvgIpc) is 2.74. The quantitative estimate of drug-likeness (QED) is 0.632. The predicted octanol–water partition coefficient (Wildman–Crippen LogP) is 5.98. The fourth-order valence-electron chi connectivity index (χ4n) is 2.16. The number of hydrogen-bond acceptors (Lipinski definition) is 2. The summed E-state index contributed by atoms with van der Waals surface area (Å²) >= 11 is 9.15. The number of rotatable bonds is 5. The number of thiophene rings is 1. The highest BCUT2D eigenvalue weighted by molar-refractivity contribution is 9.11. The Kier molecular flexibility index (Phi) is 5.84. The fourth-order valence-corrected chi connectivity index (χ4v) is 4.30. The van der Waals surface area contributed by atoms with E-state index < -0.39 is 0 Å². The van der Waals surface area contributed by atoms with Gasteiger partial charge in [-0.1, -0.05) is 40.5 Å². The molecule has 2 aromatic rings. The number of hydrogen-bond donors (Lipinski definition) is 1. The zero-order valence-corrected chi connectivity index (χ0v) is 16.0. The van der Waals surface area contributed by atoms with Gasteiger partial charge in [-0.15, -0.1) is 11.3 Å². The van der Waals surface area contributed by atoms with Gasteiger partial charge in [-0.3, -0.25) is 0 Å². The maximum atomic E-state index is 3.70. The van der Waals surface area contributed by atoms with Crippen LogP contribution in [0.3, 0.4) is 0 Å². The molecular weight excluding hydrogens is 398 g/mol. The zero-order chi connectivity index (χ0) is 14.7. The molecule has 0 aliphatic rings. The minimum Gasteiger partial charge on any atom is -0.306 e. The van der Waals surface area contributed by atoms with Gasteiger partial charge in [0.05, 0.1) is 9.83 Å². The molecule has 1 heterocycles. The van der Waals surface area contributed by atoms with Crippen molar-refractivity contribution in [2.45, 2.75) is 33.2 Å². The Balaban J connectivity index is 2.43. The minimum atomic E-state index is 0.249. The van der Waals surface area contributed by atoms with E-state index in [1.54, 1.807) is 0 Å². The molecule has 0 aliphatic carbocycles. The Morgan fingerprint density at radius 3 is 2.55 bits per heavy atom. The van der Waals surface area contributed by atoms with Gasteiger partial charge in [-0.25, -0.2) is 0 Å². The summed E-state index contributed by atoms with van der Waals surface area (Å²) in [6.07, 6.45) is 1.13. The van der Waals surface area contributed by atoms with Crippen LogP contribution in [0.5, 0.6) is 0 Å². The predicted molar refractivity (Wildman–Crippen MR) is 95.8 cm³/mol. The van der Waals surface area contributed by atoms with Gasteiger partial charge in [0, 0.05) is 9.35 Å². The van der Waals surface area contributed by atoms with Crippen LogP contribution >= 0.6 is 43.2 Å². The van der Waals surface area contributed by atoms with Gasteiger partial charge in [-0.05, 0) is 66.0 Å². The lowest BCUT2D eigenvalue weighted by Crippen LogP contribution is -2.22. The van der Waals surface area contributed by atoms with E-state index in [4.69, 9.17) is 0 Å². The summed E-state index contributed by atoms with van der Waals surface area (Å²) in [4.78, 5) is 1.36. The van der Waals surface area contributed by atoms with Gasteiger partial charge in [0.15, 0.2) is 0 Å². The van der Waals surface area contributed by atoms with Crippen molar-refractivity contribution >= 4 is 43.2 Å². The summed E-state index contributed by atoms with van der Waals surface area (Å²) in [6, 6.07) is 9.07. The highest BCUT2D eigenvalue weighted by Gasteiger charge is 2.19. The summed E-state index contributed by atoms with van der Waals surface area (Å²) in [7, 11) is 0. The largest absolute Gasteiger partial charge is 0.306 e. The molecule has 1 aromatic heterocycles. The number of halogens is 2. The summed E-state index contributed by atoms with van der Waals surface area (Å²) in [5.74, 6) is 0. The van der Waals surface area contributed by atoms with Crippen LogP contribution in [0.15, 0.2) is 32.5 Å². The topological polar surface area (TPSA) is 12.0 Å². The lowest BCUT2D eigenvalue weighted by atomic mass is 10.0. The molecule has 0 saturated carbocycles. The standard InChI is InChI=1S/C16H19Br2NS/c1-4-7-19-15(14-9-11(3)16(18)20-14)12-8-10(2)5-6-13(12)17/h5-6,8-9,15,19H,4,7H2,1-3H3. The second-order valence-corrected chi connectivity index (χ2v) is 8.27. The van der Waals surface area contributed by atoms with E-state index in [-0.39, 0.29) is 6.04 Å². The molecule has 2 rings (SSSR count). The van der Waals surface area contributed by atoms with Crippen molar-refractivity contribution < 1.29 is 0 Å². The van der Waals surface area contributed by atoms with Crippen molar-refractivity contribution in [1.82, 2.24) is 5.32 Å². The second kappa shape index (κ2) is 7.21. The maximum Gasteiger partial charge on any atom is 0.0731 e. The minimum absolute atomic E-state index is 0.249. The van der Waals surface area contributed by atoms with Crippen molar-refractivity contribution in [1.29, 1.82) is 0 Å². The average molecular weight is 417 g/mol. The first kappa shape index (κ1) is 16.2. The van der Waals surface area contributed by atoms with Crippen LogP contribution in [0.4, 0.5) is 0 Å². The van der Waals surface area contributed by atoms with E-state index in [2.05, 4.69) is 82.2 Å². The summed E-state index contributed by atoms with van der Waals surface area (Å²) in [5, 5.41) is 3.67. The maximum absolute atomic E-state index is 3.70. The molecule has 0 aliphatic heterocycles. The number of benzene rings is 1. The van der Waals surface area contributed by atoms with E-state index >= 15 is 0 Å². The van der Waals surface area contributed by atoms with Crippen LogP contribution in [0, 0.1) is 13.8 Å². The first-order valence-corrected chi connectivity index (χ1v) is 9.18. The molecule has 1 atom stereocenters. The molecule has 20 heavy (non-hydrogen) atoms. The summed E-state index contributed by atoms with van der Waals surface area (Å²) in [5.41, 5.74) is 3.91. The van der Waals surface area contributed by atoms with Gasteiger partial charge < -0.3 is 5.32 Å². The first-order chi connectivity index (χ1) is 9.52. The molecule has 108 valence electrons. The van der Waals surface area contributed by atoms with Crippen LogP contribution in [-0.4, -0.2) is 6.54 Å². The summed E-state index contributed by atoms with van der Waals surface area (Å²) in [6.45, 7) is 7.50. The van der Waals surface area contributed by atoms with Crippen LogP contribution in [0.1, 0.15) is 41.0 Å². The van der Waals surface area contributed by atoms with Gasteiger partial charge >= 0.3 is 0 Å². The Labute approximate surface area is 142 Å². The molecular formula is C16H19Br2NS. The van der Waals surface area contributed by atoms with Gasteiger partial charge in [-0.2, -0.15) is 0 Å². The van der Waals surface area contributed by atoms with Crippen molar-refractivity contribution in [2.24, 2.45) is 0 Å². The highest BCUT2D eigenvalue weighted by atomic mass is 79.9. The Bertz CT molecular complexity index is 573. The van der Waals surface area contributed by atoms with Crippen molar-refractivity contribution in [2.75, 3.05) is 6.54 Å². The third-order valence-electron chi connectivity index (χ3n) is 3.22. The first-order valence-electron chi connectivity index (χ1n) is 6.78. The molecule has 0 amide bonds. The molecule has 0 spiro atoms. The molecule has 1 N–H and O–H groups in total. The SMILES string of the molecule is CCCNC(c1cc(C)c(Br)s1)c1cc(C)ccc1Br. The van der Waals surface area contributed by atoms with E-state index in [0.29, 0.717) is 0 Å². The van der Waals surface area contributed by atoms with E-state index in [1.807, 2.05) is 11.3 Å². The Hall–Kier alpha value is -0.160. The molecule has 0 saturated heterocycles. The van der Waals surface area contributed by atoms with E-state index in [9.17, 15) is 0 Å². The van der Waals surface area contributed by atoms with Gasteiger partial charge in [0.2, 0.25) is 0 Å². The molecule has 1 aromatic carbocycles. The third-order valence-corrected chi connectivity index (χ3v) is 6.15. The van der Waals surface area contributed by atoms with Crippen LogP contribution in [0.2, 0.25) is 0 Å². The molecule has 0 fully saturated rings. The van der Waals surface area contributed by atoms with Crippen molar-refractivity contribution in [3.63, 3.8) is 0 Å². The van der Waals surface area contributed by atoms with Crippen LogP contribution in [0.25, 0.3) is 0 Å². The lowest BCUT2D eigenvalue weighted by Gasteiger charge is -2.19. The molecule has 1 unspecified atom stereocenters. The Morgan fingerprint density at radius 2 is 1.95 bits per heavy atom. The number of aryl methyl sites for hydroxylation is 2. The lowest BCUT2D eigenvalue weighted by molar-refractivity contribution is 0.604. The molecule has 4 heteroatoms. The fraction of sp³-hybridized carbons (Fsp3) is 0.375. The normalized spacial score (nSPS) is 12.7. The van der Waals surface area contributed by atoms with Crippen molar-refractivity contribution in [3.8, 4) is 0 Å². The zero-order valence-electron chi connectivity index (χ0n) is 12.0. The van der Waals surface area contributed by atoms with Crippen LogP contribution in [-0.2, 0) is 0 Å². The molecule has 0 bridgehead atoms. The Morgan fingerprint density at radius 1 is 1.20 bits per heavy atom. The van der Waals surface area contributed by atoms with Gasteiger partial charge in [0.25, 0.3) is 0 Å². The van der Waals surface area contributed by atoms with E-state index in [0.717, 1.165) is 13.0 Å². The van der Waals surface area contributed by atoms with E-state index in [1.165, 1.54) is 29.8 Å². The van der Waals surface area contributed by atoms with Crippen LogP contribution < -0.4 is 5.32 Å². The highest BCUT2D eigenvalue weighted by Crippen LogP contribution is 2.37. The monoisotopic (exact) mass is 415 g/mol. The molecule has 1 nitrogen and oxygen atoms in total.